The van der Waals surface area contributed by atoms with Crippen LogP contribution in [-0.4, -0.2) is 19.7 Å². The summed E-state index contributed by atoms with van der Waals surface area (Å²) in [5.41, 5.74) is 2.21. The predicted molar refractivity (Wildman–Crippen MR) is 80.7 cm³/mol. The fourth-order valence-electron chi connectivity index (χ4n) is 1.89. The molecule has 0 aliphatic heterocycles. The van der Waals surface area contributed by atoms with Crippen LogP contribution in [-0.2, 0) is 13.6 Å². The Balaban J connectivity index is 2.20. The minimum atomic E-state index is 0.325. The summed E-state index contributed by atoms with van der Waals surface area (Å²) in [6.07, 6.45) is 1.80. The van der Waals surface area contributed by atoms with E-state index >= 15 is 0 Å². The van der Waals surface area contributed by atoms with E-state index in [9.17, 15) is 0 Å². The molecule has 5 heteroatoms. The van der Waals surface area contributed by atoms with Crippen LogP contribution in [0.4, 0.5) is 5.82 Å². The Morgan fingerprint density at radius 3 is 2.45 bits per heavy atom. The maximum atomic E-state index is 4.63. The van der Waals surface area contributed by atoms with Gasteiger partial charge in [0.1, 0.15) is 11.6 Å². The van der Waals surface area contributed by atoms with E-state index < -0.39 is 0 Å². The average molecular weight is 273 g/mol. The van der Waals surface area contributed by atoms with Crippen LogP contribution in [0.3, 0.4) is 0 Å². The standard InChI is InChI=1S/C15H23N5/c1-10(2)13-8-14(19-15(18-13)11(3)4)16-9-12-6-7-17-20(12)5/h6-8,10-11H,9H2,1-5H3,(H,16,18,19). The van der Waals surface area contributed by atoms with Gasteiger partial charge in [0.2, 0.25) is 0 Å². The van der Waals surface area contributed by atoms with E-state index in [2.05, 4.69) is 48.1 Å². The van der Waals surface area contributed by atoms with E-state index in [1.165, 1.54) is 0 Å². The Hall–Kier alpha value is -1.91. The first kappa shape index (κ1) is 14.5. The third-order valence-electron chi connectivity index (χ3n) is 3.24. The Morgan fingerprint density at radius 2 is 1.90 bits per heavy atom. The molecule has 5 nitrogen and oxygen atoms in total. The Kier molecular flexibility index (Phi) is 4.37. The SMILES string of the molecule is CC(C)c1cc(NCc2ccnn2C)nc(C(C)C)n1. The van der Waals surface area contributed by atoms with Crippen molar-refractivity contribution in [3.8, 4) is 0 Å². The number of anilines is 1. The van der Waals surface area contributed by atoms with Gasteiger partial charge in [-0.2, -0.15) is 5.10 Å². The van der Waals surface area contributed by atoms with Gasteiger partial charge < -0.3 is 5.32 Å². The van der Waals surface area contributed by atoms with Crippen LogP contribution in [0.25, 0.3) is 0 Å². The molecule has 0 spiro atoms. The van der Waals surface area contributed by atoms with Crippen LogP contribution < -0.4 is 5.32 Å². The molecule has 0 radical (unpaired) electrons. The molecule has 108 valence electrons. The molecular formula is C15H23N5. The normalized spacial score (nSPS) is 11.3. The summed E-state index contributed by atoms with van der Waals surface area (Å²) in [5, 5.41) is 7.53. The van der Waals surface area contributed by atoms with Crippen molar-refractivity contribution in [2.75, 3.05) is 5.32 Å². The number of aryl methyl sites for hydroxylation is 1. The molecule has 0 atom stereocenters. The van der Waals surface area contributed by atoms with Crippen LogP contribution in [0.15, 0.2) is 18.3 Å². The smallest absolute Gasteiger partial charge is 0.133 e. The van der Waals surface area contributed by atoms with Crippen molar-refractivity contribution in [2.24, 2.45) is 7.05 Å². The first-order valence-corrected chi connectivity index (χ1v) is 7.07. The second-order valence-corrected chi connectivity index (χ2v) is 5.65. The van der Waals surface area contributed by atoms with E-state index in [0.29, 0.717) is 18.4 Å². The summed E-state index contributed by atoms with van der Waals surface area (Å²) in [5.74, 6) is 2.50. The van der Waals surface area contributed by atoms with Gasteiger partial charge in [0.05, 0.1) is 12.2 Å². The molecule has 2 aromatic heterocycles. The summed E-state index contributed by atoms with van der Waals surface area (Å²) in [6, 6.07) is 4.04. The molecule has 20 heavy (non-hydrogen) atoms. The van der Waals surface area contributed by atoms with Gasteiger partial charge in [0, 0.05) is 30.9 Å². The summed E-state index contributed by atoms with van der Waals surface area (Å²) in [6.45, 7) is 9.24. The number of hydrogen-bond donors (Lipinski definition) is 1. The molecule has 1 N–H and O–H groups in total. The largest absolute Gasteiger partial charge is 0.364 e. The lowest BCUT2D eigenvalue weighted by Crippen LogP contribution is -2.10. The van der Waals surface area contributed by atoms with E-state index in [-0.39, 0.29) is 0 Å². The van der Waals surface area contributed by atoms with E-state index in [0.717, 1.165) is 23.0 Å². The quantitative estimate of drug-likeness (QED) is 0.909. The second kappa shape index (κ2) is 6.03. The third kappa shape index (κ3) is 3.35. The van der Waals surface area contributed by atoms with Gasteiger partial charge in [-0.25, -0.2) is 9.97 Å². The van der Waals surface area contributed by atoms with Gasteiger partial charge in [-0.05, 0) is 12.0 Å². The highest BCUT2D eigenvalue weighted by atomic mass is 15.3. The maximum absolute atomic E-state index is 4.63. The van der Waals surface area contributed by atoms with Crippen molar-refractivity contribution in [3.05, 3.63) is 35.5 Å². The minimum Gasteiger partial charge on any atom is -0.364 e. The van der Waals surface area contributed by atoms with Gasteiger partial charge >= 0.3 is 0 Å². The van der Waals surface area contributed by atoms with E-state index in [1.54, 1.807) is 6.20 Å². The lowest BCUT2D eigenvalue weighted by Gasteiger charge is -2.13. The zero-order valence-electron chi connectivity index (χ0n) is 12.9. The highest BCUT2D eigenvalue weighted by molar-refractivity contribution is 5.37. The van der Waals surface area contributed by atoms with Crippen molar-refractivity contribution in [1.29, 1.82) is 0 Å². The fraction of sp³-hybridized carbons (Fsp3) is 0.533. The van der Waals surface area contributed by atoms with Crippen LogP contribution in [0.2, 0.25) is 0 Å². The zero-order valence-corrected chi connectivity index (χ0v) is 12.9. The fourth-order valence-corrected chi connectivity index (χ4v) is 1.89. The monoisotopic (exact) mass is 273 g/mol. The highest BCUT2D eigenvalue weighted by Crippen LogP contribution is 2.19. The van der Waals surface area contributed by atoms with Crippen LogP contribution in [0, 0.1) is 0 Å². The molecule has 0 bridgehead atoms. The summed E-state index contributed by atoms with van der Waals surface area (Å²) >= 11 is 0. The summed E-state index contributed by atoms with van der Waals surface area (Å²) in [4.78, 5) is 9.22. The molecule has 0 aliphatic rings. The van der Waals surface area contributed by atoms with Crippen molar-refractivity contribution in [3.63, 3.8) is 0 Å². The van der Waals surface area contributed by atoms with Crippen molar-refractivity contribution in [2.45, 2.75) is 46.1 Å². The van der Waals surface area contributed by atoms with E-state index in [1.807, 2.05) is 23.9 Å². The van der Waals surface area contributed by atoms with Crippen molar-refractivity contribution < 1.29 is 0 Å². The van der Waals surface area contributed by atoms with Crippen LogP contribution >= 0.6 is 0 Å². The molecular weight excluding hydrogens is 250 g/mol. The summed E-state index contributed by atoms with van der Waals surface area (Å²) < 4.78 is 1.86. The lowest BCUT2D eigenvalue weighted by molar-refractivity contribution is 0.713. The van der Waals surface area contributed by atoms with Gasteiger partial charge in [0.25, 0.3) is 0 Å². The maximum Gasteiger partial charge on any atom is 0.133 e. The molecule has 0 saturated carbocycles. The van der Waals surface area contributed by atoms with Crippen molar-refractivity contribution >= 4 is 5.82 Å². The predicted octanol–water partition coefficient (Wildman–Crippen LogP) is 3.07. The van der Waals surface area contributed by atoms with E-state index in [4.69, 9.17) is 0 Å². The first-order valence-electron chi connectivity index (χ1n) is 7.07. The molecule has 0 amide bonds. The molecule has 0 aliphatic carbocycles. The summed E-state index contributed by atoms with van der Waals surface area (Å²) in [7, 11) is 1.94. The number of aromatic nitrogens is 4. The molecule has 0 unspecified atom stereocenters. The molecule has 0 aromatic carbocycles. The molecule has 2 rings (SSSR count). The van der Waals surface area contributed by atoms with Gasteiger partial charge in [-0.3, -0.25) is 4.68 Å². The Bertz CT molecular complexity index is 545. The highest BCUT2D eigenvalue weighted by Gasteiger charge is 2.10. The molecule has 2 aromatic rings. The topological polar surface area (TPSA) is 55.6 Å². The minimum absolute atomic E-state index is 0.325. The van der Waals surface area contributed by atoms with Crippen LogP contribution in [0.5, 0.6) is 0 Å². The molecule has 0 fully saturated rings. The van der Waals surface area contributed by atoms with Crippen LogP contribution in [0.1, 0.15) is 56.7 Å². The molecule has 2 heterocycles. The van der Waals surface area contributed by atoms with Gasteiger partial charge in [-0.15, -0.1) is 0 Å². The lowest BCUT2D eigenvalue weighted by atomic mass is 10.1. The number of rotatable bonds is 5. The Labute approximate surface area is 120 Å². The third-order valence-corrected chi connectivity index (χ3v) is 3.24. The van der Waals surface area contributed by atoms with Crippen molar-refractivity contribution in [1.82, 2.24) is 19.7 Å². The average Bonchev–Trinajstić information content (AvgIpc) is 2.81. The zero-order chi connectivity index (χ0) is 14.7. The Morgan fingerprint density at radius 1 is 1.15 bits per heavy atom. The second-order valence-electron chi connectivity index (χ2n) is 5.65. The molecule has 0 saturated heterocycles. The number of nitrogens with one attached hydrogen (secondary N) is 1. The van der Waals surface area contributed by atoms with Gasteiger partial charge in [0.15, 0.2) is 0 Å². The van der Waals surface area contributed by atoms with Gasteiger partial charge in [-0.1, -0.05) is 27.7 Å². The number of nitrogens with zero attached hydrogens (tertiary/aromatic N) is 4. The number of hydrogen-bond acceptors (Lipinski definition) is 4. The first-order chi connectivity index (χ1) is 9.47.